The van der Waals surface area contributed by atoms with Crippen molar-refractivity contribution in [2.24, 2.45) is 0 Å². The number of para-hydroxylation sites is 1. The molecule has 2 aliphatic heterocycles. The molecule has 6 nitrogen and oxygen atoms in total. The molecule has 0 aromatic heterocycles. The first-order valence-electron chi connectivity index (χ1n) is 7.98. The molecule has 0 spiro atoms. The van der Waals surface area contributed by atoms with Gasteiger partial charge in [-0.15, -0.1) is 0 Å². The van der Waals surface area contributed by atoms with E-state index >= 15 is 0 Å². The van der Waals surface area contributed by atoms with Gasteiger partial charge in [-0.2, -0.15) is 5.26 Å². The summed E-state index contributed by atoms with van der Waals surface area (Å²) < 4.78 is 28.8. The number of nitrogens with zero attached hydrogens (tertiary/aromatic N) is 1. The molecule has 1 saturated heterocycles. The Hall–Kier alpha value is -2.59. The highest BCUT2D eigenvalue weighted by Crippen LogP contribution is 2.30. The molecule has 1 amide bonds. The number of hydrogen-bond acceptors (Lipinski definition) is 5. The number of benzene rings is 1. The smallest absolute Gasteiger partial charge is 0.262 e. The zero-order valence-corrected chi connectivity index (χ0v) is 14.5. The molecule has 130 valence electrons. The molecule has 0 radical (unpaired) electrons. The standard InChI is InChI=1S/C18H18N2O4S/c1-12-14(8-13-4-2-3-5-17(13)24-12)9-15(10-19)18(21)20-16-6-7-25(22,23)11-16/h2-5,8-9,12,16H,6-7,11H2,1H3,(H,20,21)/b15-9+/t12-,16-/m1/s1. The predicted octanol–water partition coefficient (Wildman–Crippen LogP) is 1.60. The van der Waals surface area contributed by atoms with Gasteiger partial charge in [0.2, 0.25) is 0 Å². The van der Waals surface area contributed by atoms with Gasteiger partial charge in [0.25, 0.3) is 5.91 Å². The van der Waals surface area contributed by atoms with Gasteiger partial charge < -0.3 is 10.1 Å². The Morgan fingerprint density at radius 3 is 2.84 bits per heavy atom. The van der Waals surface area contributed by atoms with Crippen LogP contribution in [0, 0.1) is 11.3 Å². The monoisotopic (exact) mass is 358 g/mol. The van der Waals surface area contributed by atoms with Crippen LogP contribution in [0.15, 0.2) is 41.5 Å². The summed E-state index contributed by atoms with van der Waals surface area (Å²) in [4.78, 5) is 12.3. The third-order valence-corrected chi connectivity index (χ3v) is 6.03. The van der Waals surface area contributed by atoms with Crippen molar-refractivity contribution in [1.29, 1.82) is 5.26 Å². The Morgan fingerprint density at radius 2 is 2.16 bits per heavy atom. The van der Waals surface area contributed by atoms with Crippen LogP contribution in [0.4, 0.5) is 0 Å². The molecular weight excluding hydrogens is 340 g/mol. The first kappa shape index (κ1) is 17.2. The Balaban J connectivity index is 1.80. The van der Waals surface area contributed by atoms with Crippen LogP contribution in [0.25, 0.3) is 6.08 Å². The molecule has 3 rings (SSSR count). The first-order chi connectivity index (χ1) is 11.9. The zero-order valence-electron chi connectivity index (χ0n) is 13.7. The van der Waals surface area contributed by atoms with E-state index < -0.39 is 21.8 Å². The van der Waals surface area contributed by atoms with E-state index in [1.165, 1.54) is 6.08 Å². The minimum atomic E-state index is -3.09. The van der Waals surface area contributed by atoms with Crippen molar-refractivity contribution in [2.45, 2.75) is 25.5 Å². The second-order valence-corrected chi connectivity index (χ2v) is 8.41. The van der Waals surface area contributed by atoms with Crippen molar-refractivity contribution < 1.29 is 17.9 Å². The molecule has 0 saturated carbocycles. The summed E-state index contributed by atoms with van der Waals surface area (Å²) in [6, 6.07) is 8.97. The van der Waals surface area contributed by atoms with Crippen LogP contribution in [-0.4, -0.2) is 38.0 Å². The lowest BCUT2D eigenvalue weighted by molar-refractivity contribution is -0.117. The fourth-order valence-electron chi connectivity index (χ4n) is 2.91. The van der Waals surface area contributed by atoms with Crippen molar-refractivity contribution >= 4 is 21.8 Å². The quantitative estimate of drug-likeness (QED) is 0.654. The molecule has 7 heteroatoms. The maximum atomic E-state index is 12.3. The second-order valence-electron chi connectivity index (χ2n) is 6.19. The SMILES string of the molecule is C[C@H]1Oc2ccccc2C=C1/C=C(\C#N)C(=O)N[C@@H]1CCS(=O)(=O)C1. The molecule has 0 bridgehead atoms. The number of sulfone groups is 1. The summed E-state index contributed by atoms with van der Waals surface area (Å²) in [5, 5.41) is 12.0. The van der Waals surface area contributed by atoms with Crippen molar-refractivity contribution in [3.63, 3.8) is 0 Å². The predicted molar refractivity (Wildman–Crippen MR) is 93.4 cm³/mol. The van der Waals surface area contributed by atoms with E-state index in [1.54, 1.807) is 0 Å². The largest absolute Gasteiger partial charge is 0.485 e. The van der Waals surface area contributed by atoms with Crippen LogP contribution in [0.1, 0.15) is 18.9 Å². The van der Waals surface area contributed by atoms with Crippen LogP contribution in [0.2, 0.25) is 0 Å². The van der Waals surface area contributed by atoms with Gasteiger partial charge in [0.1, 0.15) is 23.5 Å². The number of rotatable bonds is 3. The van der Waals surface area contributed by atoms with Gasteiger partial charge in [-0.05, 0) is 37.1 Å². The molecule has 1 aromatic carbocycles. The Bertz CT molecular complexity index is 909. The van der Waals surface area contributed by atoms with Crippen LogP contribution >= 0.6 is 0 Å². The number of nitriles is 1. The first-order valence-corrected chi connectivity index (χ1v) is 9.80. The summed E-state index contributed by atoms with van der Waals surface area (Å²) in [5.41, 5.74) is 1.53. The third-order valence-electron chi connectivity index (χ3n) is 4.26. The van der Waals surface area contributed by atoms with Gasteiger partial charge in [-0.1, -0.05) is 18.2 Å². The molecule has 0 unspecified atom stereocenters. The topological polar surface area (TPSA) is 96.3 Å². The van der Waals surface area contributed by atoms with Gasteiger partial charge in [-0.25, -0.2) is 8.42 Å². The highest BCUT2D eigenvalue weighted by molar-refractivity contribution is 7.91. The highest BCUT2D eigenvalue weighted by Gasteiger charge is 2.29. The van der Waals surface area contributed by atoms with E-state index in [4.69, 9.17) is 4.74 Å². The molecule has 2 atom stereocenters. The molecule has 1 N–H and O–H groups in total. The molecule has 25 heavy (non-hydrogen) atoms. The van der Waals surface area contributed by atoms with Crippen LogP contribution in [0.5, 0.6) is 5.75 Å². The van der Waals surface area contributed by atoms with E-state index in [0.717, 1.165) is 11.3 Å². The maximum Gasteiger partial charge on any atom is 0.262 e. The summed E-state index contributed by atoms with van der Waals surface area (Å²) in [6.07, 6.45) is 3.47. The van der Waals surface area contributed by atoms with Gasteiger partial charge in [0.15, 0.2) is 9.84 Å². The molecule has 2 aliphatic rings. The summed E-state index contributed by atoms with van der Waals surface area (Å²) in [7, 11) is -3.09. The van der Waals surface area contributed by atoms with E-state index in [2.05, 4.69) is 5.32 Å². The number of ether oxygens (including phenoxy) is 1. The average molecular weight is 358 g/mol. The number of amides is 1. The van der Waals surface area contributed by atoms with Crippen LogP contribution < -0.4 is 10.1 Å². The van der Waals surface area contributed by atoms with Gasteiger partial charge >= 0.3 is 0 Å². The van der Waals surface area contributed by atoms with Gasteiger partial charge in [0.05, 0.1) is 11.5 Å². The van der Waals surface area contributed by atoms with Crippen molar-refractivity contribution in [3.05, 3.63) is 47.1 Å². The zero-order chi connectivity index (χ0) is 18.0. The van der Waals surface area contributed by atoms with E-state index in [9.17, 15) is 18.5 Å². The fraction of sp³-hybridized carbons (Fsp3) is 0.333. The summed E-state index contributed by atoms with van der Waals surface area (Å²) in [5.74, 6) is 0.187. The molecule has 0 aliphatic carbocycles. The molecular formula is C18H18N2O4S. The highest BCUT2D eigenvalue weighted by atomic mass is 32.2. The molecule has 1 aromatic rings. The van der Waals surface area contributed by atoms with E-state index in [0.29, 0.717) is 12.0 Å². The van der Waals surface area contributed by atoms with Gasteiger partial charge in [0, 0.05) is 11.6 Å². The minimum Gasteiger partial charge on any atom is -0.485 e. The normalized spacial score (nSPS) is 24.5. The number of hydrogen-bond donors (Lipinski definition) is 1. The summed E-state index contributed by atoms with van der Waals surface area (Å²) in [6.45, 7) is 1.84. The average Bonchev–Trinajstić information content (AvgIpc) is 2.91. The maximum absolute atomic E-state index is 12.3. The van der Waals surface area contributed by atoms with Gasteiger partial charge in [-0.3, -0.25) is 4.79 Å². The Morgan fingerprint density at radius 1 is 1.40 bits per heavy atom. The summed E-state index contributed by atoms with van der Waals surface area (Å²) >= 11 is 0. The third kappa shape index (κ3) is 3.91. The lowest BCUT2D eigenvalue weighted by Gasteiger charge is -2.23. The lowest BCUT2D eigenvalue weighted by Crippen LogP contribution is -2.36. The van der Waals surface area contributed by atoms with E-state index in [1.807, 2.05) is 43.3 Å². The van der Waals surface area contributed by atoms with E-state index in [-0.39, 0.29) is 23.2 Å². The Labute approximate surface area is 146 Å². The number of fused-ring (bicyclic) bond motifs is 1. The molecule has 1 fully saturated rings. The van der Waals surface area contributed by atoms with Crippen molar-refractivity contribution in [2.75, 3.05) is 11.5 Å². The van der Waals surface area contributed by atoms with Crippen molar-refractivity contribution in [1.82, 2.24) is 5.32 Å². The number of nitrogens with one attached hydrogen (secondary N) is 1. The Kier molecular flexibility index (Phi) is 4.64. The second kappa shape index (κ2) is 6.73. The minimum absolute atomic E-state index is 0.0645. The number of carbonyl (C=O) groups is 1. The lowest BCUT2D eigenvalue weighted by atomic mass is 10.00. The fourth-order valence-corrected chi connectivity index (χ4v) is 4.58. The van der Waals surface area contributed by atoms with Crippen LogP contribution in [-0.2, 0) is 14.6 Å². The van der Waals surface area contributed by atoms with Crippen LogP contribution in [0.3, 0.4) is 0 Å². The van der Waals surface area contributed by atoms with Crippen molar-refractivity contribution in [3.8, 4) is 11.8 Å². The number of carbonyl (C=O) groups excluding carboxylic acids is 1. The molecule has 2 heterocycles.